The minimum Gasteiger partial charge on any atom is -0.355 e. The molecule has 1 N–H and O–H groups in total. The highest BCUT2D eigenvalue weighted by Crippen LogP contribution is 2.48. The van der Waals surface area contributed by atoms with E-state index >= 15 is 0 Å². The van der Waals surface area contributed by atoms with Gasteiger partial charge in [-0.2, -0.15) is 13.2 Å². The van der Waals surface area contributed by atoms with Gasteiger partial charge in [-0.3, -0.25) is 9.79 Å². The van der Waals surface area contributed by atoms with Gasteiger partial charge in [0.1, 0.15) is 5.41 Å². The van der Waals surface area contributed by atoms with Crippen molar-refractivity contribution in [1.29, 1.82) is 0 Å². The number of aryl methyl sites for hydroxylation is 1. The van der Waals surface area contributed by atoms with Crippen molar-refractivity contribution < 1.29 is 18.0 Å². The number of hydrogen-bond donors (Lipinski definition) is 1. The number of nitrogens with zero attached hydrogens (tertiary/aromatic N) is 1. The molecule has 8 heteroatoms. The SMILES string of the molecule is CNC(=O)c1ccc(C2=NCC(c3cc(Cl)cc(Cl)c3)(C(F)(F)F)C2)cc1C. The zero-order valence-electron chi connectivity index (χ0n) is 15.1. The van der Waals surface area contributed by atoms with E-state index in [1.54, 1.807) is 25.1 Å². The second-order valence-corrected chi connectivity index (χ2v) is 7.66. The van der Waals surface area contributed by atoms with Crippen LogP contribution in [-0.4, -0.2) is 31.4 Å². The molecule has 3 nitrogen and oxygen atoms in total. The van der Waals surface area contributed by atoms with Crippen LogP contribution in [0.4, 0.5) is 13.2 Å². The molecule has 1 heterocycles. The summed E-state index contributed by atoms with van der Waals surface area (Å²) in [6.45, 7) is 1.29. The molecule has 28 heavy (non-hydrogen) atoms. The molecule has 2 aromatic rings. The summed E-state index contributed by atoms with van der Waals surface area (Å²) < 4.78 is 42.4. The number of hydrogen-bond acceptors (Lipinski definition) is 2. The molecule has 1 aliphatic rings. The van der Waals surface area contributed by atoms with Gasteiger partial charge in [0.15, 0.2) is 0 Å². The number of carbonyl (C=O) groups is 1. The molecule has 0 saturated carbocycles. The van der Waals surface area contributed by atoms with Gasteiger partial charge in [-0.25, -0.2) is 0 Å². The van der Waals surface area contributed by atoms with E-state index in [1.165, 1.54) is 25.2 Å². The van der Waals surface area contributed by atoms with Crippen LogP contribution in [0.5, 0.6) is 0 Å². The van der Waals surface area contributed by atoms with Crippen molar-refractivity contribution in [2.45, 2.75) is 24.9 Å². The fourth-order valence-electron chi connectivity index (χ4n) is 3.43. The highest BCUT2D eigenvalue weighted by molar-refractivity contribution is 6.34. The van der Waals surface area contributed by atoms with E-state index in [-0.39, 0.29) is 27.9 Å². The lowest BCUT2D eigenvalue weighted by atomic mass is 9.76. The Balaban J connectivity index is 2.00. The van der Waals surface area contributed by atoms with Gasteiger partial charge < -0.3 is 5.32 Å². The van der Waals surface area contributed by atoms with E-state index in [0.717, 1.165) is 0 Å². The molecule has 1 amide bonds. The van der Waals surface area contributed by atoms with Crippen LogP contribution in [0.15, 0.2) is 41.4 Å². The minimum absolute atomic E-state index is 0.00467. The van der Waals surface area contributed by atoms with Crippen molar-refractivity contribution >= 4 is 34.8 Å². The molecule has 3 rings (SSSR count). The van der Waals surface area contributed by atoms with Gasteiger partial charge in [0, 0.05) is 34.8 Å². The lowest BCUT2D eigenvalue weighted by molar-refractivity contribution is -0.183. The number of benzene rings is 2. The van der Waals surface area contributed by atoms with Gasteiger partial charge in [-0.05, 0) is 53.9 Å². The van der Waals surface area contributed by atoms with Gasteiger partial charge in [0.25, 0.3) is 5.91 Å². The zero-order valence-corrected chi connectivity index (χ0v) is 16.6. The van der Waals surface area contributed by atoms with Crippen molar-refractivity contribution in [3.05, 3.63) is 68.7 Å². The Morgan fingerprint density at radius 1 is 1.14 bits per heavy atom. The average molecular weight is 429 g/mol. The van der Waals surface area contributed by atoms with E-state index < -0.39 is 18.1 Å². The summed E-state index contributed by atoms with van der Waals surface area (Å²) in [5.74, 6) is -0.254. The Labute approximate surface area is 170 Å². The Morgan fingerprint density at radius 2 is 1.79 bits per heavy atom. The molecule has 0 radical (unpaired) electrons. The summed E-state index contributed by atoms with van der Waals surface area (Å²) in [7, 11) is 1.52. The van der Waals surface area contributed by atoms with Crippen molar-refractivity contribution in [3.63, 3.8) is 0 Å². The zero-order chi connectivity index (χ0) is 20.7. The molecule has 148 valence electrons. The maximum Gasteiger partial charge on any atom is 0.400 e. The summed E-state index contributed by atoms with van der Waals surface area (Å²) in [4.78, 5) is 16.0. The molecule has 0 saturated heterocycles. The maximum atomic E-state index is 14.1. The number of nitrogens with one attached hydrogen (secondary N) is 1. The highest BCUT2D eigenvalue weighted by Gasteiger charge is 2.58. The van der Waals surface area contributed by atoms with E-state index in [4.69, 9.17) is 23.2 Å². The number of alkyl halides is 3. The first-order valence-corrected chi connectivity index (χ1v) is 9.23. The third-order valence-electron chi connectivity index (χ3n) is 5.00. The largest absolute Gasteiger partial charge is 0.400 e. The Bertz CT molecular complexity index is 952. The van der Waals surface area contributed by atoms with Gasteiger partial charge >= 0.3 is 6.18 Å². The van der Waals surface area contributed by atoms with E-state index in [2.05, 4.69) is 10.3 Å². The Kier molecular flexibility index (Phi) is 5.47. The monoisotopic (exact) mass is 428 g/mol. The first-order chi connectivity index (χ1) is 13.1. The van der Waals surface area contributed by atoms with Crippen LogP contribution >= 0.6 is 23.2 Å². The lowest BCUT2D eigenvalue weighted by Gasteiger charge is -2.31. The fourth-order valence-corrected chi connectivity index (χ4v) is 3.96. The summed E-state index contributed by atoms with van der Waals surface area (Å²) in [6.07, 6.45) is -4.87. The predicted molar refractivity (Wildman–Crippen MR) is 105 cm³/mol. The van der Waals surface area contributed by atoms with Gasteiger partial charge in [0.2, 0.25) is 0 Å². The molecule has 1 atom stereocenters. The fraction of sp³-hybridized carbons (Fsp3) is 0.300. The Morgan fingerprint density at radius 3 is 2.32 bits per heavy atom. The third-order valence-corrected chi connectivity index (χ3v) is 5.43. The van der Waals surface area contributed by atoms with Crippen LogP contribution in [0, 0.1) is 6.92 Å². The first-order valence-electron chi connectivity index (χ1n) is 8.47. The summed E-state index contributed by atoms with van der Waals surface area (Å²) >= 11 is 11.9. The van der Waals surface area contributed by atoms with Crippen molar-refractivity contribution in [2.75, 3.05) is 13.6 Å². The number of carbonyl (C=O) groups excluding carboxylic acids is 1. The summed E-state index contributed by atoms with van der Waals surface area (Å²) in [5.41, 5.74) is -0.174. The molecule has 0 aliphatic carbocycles. The molecule has 0 spiro atoms. The molecule has 1 aliphatic heterocycles. The highest BCUT2D eigenvalue weighted by atomic mass is 35.5. The van der Waals surface area contributed by atoms with Crippen LogP contribution in [0.2, 0.25) is 10.0 Å². The number of rotatable bonds is 3. The van der Waals surface area contributed by atoms with Crippen LogP contribution < -0.4 is 5.32 Å². The third kappa shape index (κ3) is 3.63. The van der Waals surface area contributed by atoms with Crippen LogP contribution in [0.3, 0.4) is 0 Å². The number of halogens is 5. The standard InChI is InChI=1S/C20H17Cl2F3N2O/c1-11-5-12(3-4-16(11)18(28)26-2)17-9-19(10-27-17,20(23,24)25)13-6-14(21)8-15(22)7-13/h3-8H,9-10H2,1-2H3,(H,26,28). The summed E-state index contributed by atoms with van der Waals surface area (Å²) in [5, 5.41) is 2.82. The molecule has 0 fully saturated rings. The predicted octanol–water partition coefficient (Wildman–Crippen LogP) is 5.35. The second kappa shape index (κ2) is 7.41. The maximum absolute atomic E-state index is 14.1. The van der Waals surface area contributed by atoms with Crippen molar-refractivity contribution in [2.24, 2.45) is 4.99 Å². The smallest absolute Gasteiger partial charge is 0.355 e. The van der Waals surface area contributed by atoms with Gasteiger partial charge in [0.05, 0.1) is 6.54 Å². The molecule has 0 bridgehead atoms. The van der Waals surface area contributed by atoms with Gasteiger partial charge in [-0.15, -0.1) is 0 Å². The van der Waals surface area contributed by atoms with E-state index in [1.807, 2.05) is 0 Å². The number of amides is 1. The lowest BCUT2D eigenvalue weighted by Crippen LogP contribution is -2.43. The normalized spacial score (nSPS) is 19.5. The minimum atomic E-state index is -4.54. The first kappa shape index (κ1) is 20.7. The molecular weight excluding hydrogens is 412 g/mol. The molecule has 0 aromatic heterocycles. The summed E-state index contributed by atoms with van der Waals surface area (Å²) in [6, 6.07) is 8.87. The van der Waals surface area contributed by atoms with Crippen molar-refractivity contribution in [3.8, 4) is 0 Å². The molecular formula is C20H17Cl2F3N2O. The second-order valence-electron chi connectivity index (χ2n) is 6.79. The quantitative estimate of drug-likeness (QED) is 0.702. The molecule has 1 unspecified atom stereocenters. The van der Waals surface area contributed by atoms with Gasteiger partial charge in [-0.1, -0.05) is 29.3 Å². The van der Waals surface area contributed by atoms with E-state index in [0.29, 0.717) is 22.4 Å². The van der Waals surface area contributed by atoms with E-state index in [9.17, 15) is 18.0 Å². The molecule has 2 aromatic carbocycles. The van der Waals surface area contributed by atoms with Crippen LogP contribution in [0.1, 0.15) is 33.5 Å². The Hall–Kier alpha value is -2.05. The number of aliphatic imine (C=N–C) groups is 1. The van der Waals surface area contributed by atoms with Crippen LogP contribution in [0.25, 0.3) is 0 Å². The van der Waals surface area contributed by atoms with Crippen LogP contribution in [-0.2, 0) is 5.41 Å². The average Bonchev–Trinajstić information content (AvgIpc) is 3.07. The topological polar surface area (TPSA) is 41.5 Å². The van der Waals surface area contributed by atoms with Crippen molar-refractivity contribution in [1.82, 2.24) is 5.32 Å².